The summed E-state index contributed by atoms with van der Waals surface area (Å²) in [6.45, 7) is 0. The molecule has 7 heteroatoms. The Kier molecular flexibility index (Phi) is 4.72. The lowest BCUT2D eigenvalue weighted by molar-refractivity contribution is 0.0697. The fourth-order valence-electron chi connectivity index (χ4n) is 2.05. The molecule has 0 atom stereocenters. The average molecular weight is 385 g/mol. The van der Waals surface area contributed by atoms with Gasteiger partial charge in [0.15, 0.2) is 0 Å². The number of hydrogen-bond acceptors (Lipinski definition) is 5. The van der Waals surface area contributed by atoms with Crippen LogP contribution < -0.4 is 10.6 Å². The largest absolute Gasteiger partial charge is 0.478 e. The molecule has 0 spiro atoms. The normalized spacial score (nSPS) is 10.2. The number of halogens is 1. The molecular formula is C17H13BrN4O2. The summed E-state index contributed by atoms with van der Waals surface area (Å²) in [5, 5.41) is 15.3. The van der Waals surface area contributed by atoms with Crippen LogP contribution in [0.1, 0.15) is 10.4 Å². The average Bonchev–Trinajstić information content (AvgIpc) is 2.57. The van der Waals surface area contributed by atoms with Crippen molar-refractivity contribution in [1.82, 2.24) is 9.97 Å². The molecule has 0 radical (unpaired) electrons. The van der Waals surface area contributed by atoms with Crippen molar-refractivity contribution in [3.8, 4) is 0 Å². The summed E-state index contributed by atoms with van der Waals surface area (Å²) in [7, 11) is 0. The molecule has 0 saturated heterocycles. The molecule has 120 valence electrons. The van der Waals surface area contributed by atoms with Crippen LogP contribution in [0.3, 0.4) is 0 Å². The maximum Gasteiger partial charge on any atom is 0.335 e. The van der Waals surface area contributed by atoms with Crippen molar-refractivity contribution in [2.45, 2.75) is 0 Å². The van der Waals surface area contributed by atoms with E-state index in [4.69, 9.17) is 5.11 Å². The molecular weight excluding hydrogens is 372 g/mol. The number of nitrogens with zero attached hydrogens (tertiary/aromatic N) is 2. The number of hydrogen-bond donors (Lipinski definition) is 3. The van der Waals surface area contributed by atoms with Crippen molar-refractivity contribution < 1.29 is 9.90 Å². The number of aromatic carboxylic acids is 1. The summed E-state index contributed by atoms with van der Waals surface area (Å²) in [6.07, 6.45) is 1.44. The topological polar surface area (TPSA) is 87.1 Å². The van der Waals surface area contributed by atoms with Gasteiger partial charge < -0.3 is 15.7 Å². The minimum absolute atomic E-state index is 0.210. The molecule has 3 rings (SSSR count). The number of aromatic nitrogens is 2. The van der Waals surface area contributed by atoms with Crippen molar-refractivity contribution in [3.63, 3.8) is 0 Å². The SMILES string of the molecule is O=C(O)c1cccc(Nc2cc(Nc3ccc(Br)cc3)ncn2)c1. The Labute approximate surface area is 146 Å². The molecule has 3 aromatic rings. The Morgan fingerprint density at radius 2 is 1.58 bits per heavy atom. The quantitative estimate of drug-likeness (QED) is 0.603. The first-order valence-corrected chi connectivity index (χ1v) is 7.84. The van der Waals surface area contributed by atoms with E-state index >= 15 is 0 Å². The van der Waals surface area contributed by atoms with Gasteiger partial charge in [-0.1, -0.05) is 22.0 Å². The first kappa shape index (κ1) is 15.9. The summed E-state index contributed by atoms with van der Waals surface area (Å²) in [4.78, 5) is 19.3. The van der Waals surface area contributed by atoms with Gasteiger partial charge in [0.2, 0.25) is 0 Å². The minimum Gasteiger partial charge on any atom is -0.478 e. The lowest BCUT2D eigenvalue weighted by Gasteiger charge is -2.09. The highest BCUT2D eigenvalue weighted by Gasteiger charge is 2.05. The molecule has 24 heavy (non-hydrogen) atoms. The standard InChI is InChI=1S/C17H13BrN4O2/c18-12-4-6-13(7-5-12)21-15-9-16(20-10-19-15)22-14-3-1-2-11(8-14)17(23)24/h1-10H,(H,23,24)(H2,19,20,21,22). The molecule has 0 saturated carbocycles. The second-order valence-electron chi connectivity index (χ2n) is 4.93. The first-order valence-electron chi connectivity index (χ1n) is 7.05. The number of carboxylic acids is 1. The number of carboxylic acid groups (broad SMARTS) is 1. The van der Waals surface area contributed by atoms with Crippen LogP contribution in [-0.4, -0.2) is 21.0 Å². The maximum absolute atomic E-state index is 11.0. The molecule has 0 aliphatic rings. The van der Waals surface area contributed by atoms with Crippen molar-refractivity contribution >= 4 is 44.9 Å². The van der Waals surface area contributed by atoms with Gasteiger partial charge in [0.25, 0.3) is 0 Å². The molecule has 3 N–H and O–H groups in total. The maximum atomic E-state index is 11.0. The monoisotopic (exact) mass is 384 g/mol. The highest BCUT2D eigenvalue weighted by atomic mass is 79.9. The Hall–Kier alpha value is -2.93. The first-order chi connectivity index (χ1) is 11.6. The highest BCUT2D eigenvalue weighted by Crippen LogP contribution is 2.21. The third-order valence-electron chi connectivity index (χ3n) is 3.17. The molecule has 6 nitrogen and oxygen atoms in total. The van der Waals surface area contributed by atoms with Crippen LogP contribution in [0, 0.1) is 0 Å². The summed E-state index contributed by atoms with van der Waals surface area (Å²) in [6, 6.07) is 16.0. The van der Waals surface area contributed by atoms with Crippen LogP contribution in [-0.2, 0) is 0 Å². The van der Waals surface area contributed by atoms with Crippen molar-refractivity contribution in [1.29, 1.82) is 0 Å². The predicted octanol–water partition coefficient (Wildman–Crippen LogP) is 4.42. The smallest absolute Gasteiger partial charge is 0.335 e. The van der Waals surface area contributed by atoms with Crippen molar-refractivity contribution in [3.05, 3.63) is 71.0 Å². The van der Waals surface area contributed by atoms with Gasteiger partial charge in [0, 0.05) is 21.9 Å². The lowest BCUT2D eigenvalue weighted by atomic mass is 10.2. The van der Waals surface area contributed by atoms with E-state index in [1.165, 1.54) is 12.4 Å². The Bertz CT molecular complexity index is 868. The van der Waals surface area contributed by atoms with Crippen LogP contribution in [0.5, 0.6) is 0 Å². The van der Waals surface area contributed by atoms with Crippen molar-refractivity contribution in [2.75, 3.05) is 10.6 Å². The van der Waals surface area contributed by atoms with Gasteiger partial charge in [-0.25, -0.2) is 14.8 Å². The molecule has 0 unspecified atom stereocenters. The molecule has 0 fully saturated rings. The van der Waals surface area contributed by atoms with Gasteiger partial charge in [0.1, 0.15) is 18.0 Å². The highest BCUT2D eigenvalue weighted by molar-refractivity contribution is 9.10. The van der Waals surface area contributed by atoms with E-state index in [1.807, 2.05) is 24.3 Å². The van der Waals surface area contributed by atoms with Crippen LogP contribution in [0.4, 0.5) is 23.0 Å². The molecule has 1 heterocycles. The molecule has 0 amide bonds. The van der Waals surface area contributed by atoms with Gasteiger partial charge in [-0.2, -0.15) is 0 Å². The second-order valence-corrected chi connectivity index (χ2v) is 5.85. The summed E-state index contributed by atoms with van der Waals surface area (Å²) in [5.74, 6) is 0.218. The molecule has 0 bridgehead atoms. The van der Waals surface area contributed by atoms with Crippen LogP contribution in [0.25, 0.3) is 0 Å². The van der Waals surface area contributed by atoms with Gasteiger partial charge in [0.05, 0.1) is 5.56 Å². The number of benzene rings is 2. The van der Waals surface area contributed by atoms with Crippen LogP contribution in [0.2, 0.25) is 0 Å². The predicted molar refractivity (Wildman–Crippen MR) is 96.1 cm³/mol. The van der Waals surface area contributed by atoms with Crippen molar-refractivity contribution in [2.24, 2.45) is 0 Å². The summed E-state index contributed by atoms with van der Waals surface area (Å²) >= 11 is 3.39. The molecule has 2 aromatic carbocycles. The Balaban J connectivity index is 1.76. The third-order valence-corrected chi connectivity index (χ3v) is 3.69. The fourth-order valence-corrected chi connectivity index (χ4v) is 2.32. The minimum atomic E-state index is -0.973. The Morgan fingerprint density at radius 3 is 2.25 bits per heavy atom. The molecule has 0 aliphatic heterocycles. The number of rotatable bonds is 5. The Morgan fingerprint density at radius 1 is 0.917 bits per heavy atom. The number of carbonyl (C=O) groups is 1. The van der Waals surface area contributed by atoms with E-state index in [1.54, 1.807) is 24.3 Å². The van der Waals surface area contributed by atoms with E-state index in [9.17, 15) is 4.79 Å². The van der Waals surface area contributed by atoms with Crippen LogP contribution in [0.15, 0.2) is 65.4 Å². The fraction of sp³-hybridized carbons (Fsp3) is 0. The number of nitrogens with one attached hydrogen (secondary N) is 2. The van der Waals surface area contributed by atoms with Gasteiger partial charge in [-0.05, 0) is 42.5 Å². The second kappa shape index (κ2) is 7.10. The summed E-state index contributed by atoms with van der Waals surface area (Å²) in [5.41, 5.74) is 1.75. The molecule has 1 aromatic heterocycles. The van der Waals surface area contributed by atoms with Gasteiger partial charge in [-0.3, -0.25) is 0 Å². The van der Waals surface area contributed by atoms with E-state index < -0.39 is 5.97 Å². The van der Waals surface area contributed by atoms with E-state index in [0.717, 1.165) is 10.2 Å². The number of anilines is 4. The van der Waals surface area contributed by atoms with E-state index in [-0.39, 0.29) is 5.56 Å². The van der Waals surface area contributed by atoms with E-state index in [2.05, 4.69) is 36.5 Å². The lowest BCUT2D eigenvalue weighted by Crippen LogP contribution is -2.00. The van der Waals surface area contributed by atoms with E-state index in [0.29, 0.717) is 17.3 Å². The zero-order valence-corrected chi connectivity index (χ0v) is 14.0. The zero-order chi connectivity index (χ0) is 16.9. The molecule has 0 aliphatic carbocycles. The third kappa shape index (κ3) is 4.08. The van der Waals surface area contributed by atoms with Crippen LogP contribution >= 0.6 is 15.9 Å². The summed E-state index contributed by atoms with van der Waals surface area (Å²) < 4.78 is 0.997. The zero-order valence-electron chi connectivity index (χ0n) is 12.4. The van der Waals surface area contributed by atoms with Gasteiger partial charge >= 0.3 is 5.97 Å². The van der Waals surface area contributed by atoms with Gasteiger partial charge in [-0.15, -0.1) is 0 Å².